The number of carbonyl (C=O) groups is 1. The van der Waals surface area contributed by atoms with Crippen molar-refractivity contribution in [1.29, 1.82) is 0 Å². The second-order valence-electron chi connectivity index (χ2n) is 7.46. The van der Waals surface area contributed by atoms with Crippen molar-refractivity contribution in [3.63, 3.8) is 0 Å². The normalized spacial score (nSPS) is 16.2. The van der Waals surface area contributed by atoms with Crippen LogP contribution >= 0.6 is 0 Å². The van der Waals surface area contributed by atoms with Gasteiger partial charge in [-0.3, -0.25) is 9.69 Å². The Balaban J connectivity index is 1.68. The number of likely N-dealkylation sites (N-methyl/N-ethyl adjacent to an activating group) is 1. The summed E-state index contributed by atoms with van der Waals surface area (Å²) in [6.45, 7) is 4.73. The van der Waals surface area contributed by atoms with Crippen molar-refractivity contribution in [1.82, 2.24) is 15.1 Å². The van der Waals surface area contributed by atoms with Gasteiger partial charge in [0.1, 0.15) is 0 Å². The van der Waals surface area contributed by atoms with Crippen molar-refractivity contribution in [3.05, 3.63) is 59.7 Å². The van der Waals surface area contributed by atoms with Gasteiger partial charge in [0, 0.05) is 44.3 Å². The van der Waals surface area contributed by atoms with E-state index in [1.807, 2.05) is 6.07 Å². The summed E-state index contributed by atoms with van der Waals surface area (Å²) >= 11 is 0. The quantitative estimate of drug-likeness (QED) is 0.741. The molecule has 2 aromatic rings. The number of amides is 1. The number of rotatable bonds is 8. The number of hydrogen-bond acceptors (Lipinski definition) is 5. The van der Waals surface area contributed by atoms with Crippen molar-refractivity contribution in [3.8, 4) is 11.5 Å². The monoisotopic (exact) mass is 397 g/mol. The topological polar surface area (TPSA) is 54.0 Å². The Morgan fingerprint density at radius 1 is 1.00 bits per heavy atom. The fourth-order valence-electron chi connectivity index (χ4n) is 3.69. The number of nitrogens with zero attached hydrogens (tertiary/aromatic N) is 2. The van der Waals surface area contributed by atoms with Crippen LogP contribution in [-0.2, 0) is 6.42 Å². The lowest BCUT2D eigenvalue weighted by atomic mass is 10.0. The molecule has 6 heteroatoms. The fraction of sp³-hybridized carbons (Fsp3) is 0.435. The first-order valence-electron chi connectivity index (χ1n) is 10.1. The van der Waals surface area contributed by atoms with Gasteiger partial charge in [-0.2, -0.15) is 0 Å². The SMILES string of the molecule is COc1ccc(C(=O)NCC(Cc2ccccc2)N2CCN(C)CC2)cc1OC. The summed E-state index contributed by atoms with van der Waals surface area (Å²) in [5.41, 5.74) is 1.86. The average Bonchev–Trinajstić information content (AvgIpc) is 2.77. The molecule has 0 aromatic heterocycles. The van der Waals surface area contributed by atoms with Crippen molar-refractivity contribution >= 4 is 5.91 Å². The summed E-state index contributed by atoms with van der Waals surface area (Å²) < 4.78 is 10.6. The Labute approximate surface area is 173 Å². The van der Waals surface area contributed by atoms with E-state index in [9.17, 15) is 4.79 Å². The van der Waals surface area contributed by atoms with Gasteiger partial charge in [0.2, 0.25) is 0 Å². The molecule has 1 atom stereocenters. The molecule has 0 aliphatic carbocycles. The summed E-state index contributed by atoms with van der Waals surface area (Å²) in [5.74, 6) is 1.07. The number of hydrogen-bond donors (Lipinski definition) is 1. The number of ether oxygens (including phenoxy) is 2. The number of benzene rings is 2. The van der Waals surface area contributed by atoms with Crippen LogP contribution in [0.3, 0.4) is 0 Å². The average molecular weight is 398 g/mol. The summed E-state index contributed by atoms with van der Waals surface area (Å²) in [6, 6.07) is 16.0. The Hall–Kier alpha value is -2.57. The van der Waals surface area contributed by atoms with Crippen LogP contribution in [0.25, 0.3) is 0 Å². The molecular formula is C23H31N3O3. The largest absolute Gasteiger partial charge is 0.493 e. The van der Waals surface area contributed by atoms with E-state index in [4.69, 9.17) is 9.47 Å². The van der Waals surface area contributed by atoms with E-state index in [0.29, 0.717) is 23.6 Å². The summed E-state index contributed by atoms with van der Waals surface area (Å²) in [5, 5.41) is 3.13. The number of methoxy groups -OCH3 is 2. The number of piperazine rings is 1. The van der Waals surface area contributed by atoms with Gasteiger partial charge in [0.25, 0.3) is 5.91 Å². The molecule has 3 rings (SSSR count). The molecule has 0 spiro atoms. The highest BCUT2D eigenvalue weighted by atomic mass is 16.5. The maximum atomic E-state index is 12.8. The molecule has 1 fully saturated rings. The predicted molar refractivity (Wildman–Crippen MR) is 115 cm³/mol. The summed E-state index contributed by atoms with van der Waals surface area (Å²) in [4.78, 5) is 17.6. The fourth-order valence-corrected chi connectivity index (χ4v) is 3.69. The predicted octanol–water partition coefficient (Wildman–Crippen LogP) is 2.29. The number of carbonyl (C=O) groups excluding carboxylic acids is 1. The highest BCUT2D eigenvalue weighted by Crippen LogP contribution is 2.27. The standard InChI is InChI=1S/C23H31N3O3/c1-25-11-13-26(14-12-25)20(15-18-7-5-4-6-8-18)17-24-23(27)19-9-10-21(28-2)22(16-19)29-3/h4-10,16,20H,11-15,17H2,1-3H3,(H,24,27). The van der Waals surface area contributed by atoms with Crippen LogP contribution in [-0.4, -0.2) is 75.7 Å². The Morgan fingerprint density at radius 2 is 1.69 bits per heavy atom. The molecule has 1 heterocycles. The molecule has 0 saturated carbocycles. The number of nitrogens with one attached hydrogen (secondary N) is 1. The van der Waals surface area contributed by atoms with E-state index in [0.717, 1.165) is 32.6 Å². The maximum Gasteiger partial charge on any atom is 0.251 e. The first-order chi connectivity index (χ1) is 14.1. The van der Waals surface area contributed by atoms with Crippen LogP contribution in [0.5, 0.6) is 11.5 Å². The lowest BCUT2D eigenvalue weighted by Gasteiger charge is -2.38. The lowest BCUT2D eigenvalue weighted by molar-refractivity contribution is 0.0885. The molecule has 0 bridgehead atoms. The second kappa shape index (κ2) is 10.3. The summed E-state index contributed by atoms with van der Waals surface area (Å²) in [6.07, 6.45) is 0.913. The van der Waals surface area contributed by atoms with E-state index < -0.39 is 0 Å². The van der Waals surface area contributed by atoms with Crippen molar-refractivity contribution in [2.45, 2.75) is 12.5 Å². The lowest BCUT2D eigenvalue weighted by Crippen LogP contribution is -2.53. The van der Waals surface area contributed by atoms with E-state index in [2.05, 4.69) is 46.4 Å². The van der Waals surface area contributed by atoms with E-state index in [1.165, 1.54) is 5.56 Å². The molecule has 156 valence electrons. The van der Waals surface area contributed by atoms with Gasteiger partial charge in [0.05, 0.1) is 14.2 Å². The van der Waals surface area contributed by atoms with Crippen LogP contribution in [0.15, 0.2) is 48.5 Å². The van der Waals surface area contributed by atoms with Gasteiger partial charge in [-0.15, -0.1) is 0 Å². The van der Waals surface area contributed by atoms with Crippen molar-refractivity contribution < 1.29 is 14.3 Å². The molecule has 1 aliphatic heterocycles. The minimum absolute atomic E-state index is 0.0989. The first-order valence-corrected chi connectivity index (χ1v) is 10.1. The van der Waals surface area contributed by atoms with Crippen molar-refractivity contribution in [2.24, 2.45) is 0 Å². The van der Waals surface area contributed by atoms with Crippen LogP contribution < -0.4 is 14.8 Å². The Kier molecular flexibility index (Phi) is 7.49. The van der Waals surface area contributed by atoms with E-state index in [-0.39, 0.29) is 11.9 Å². The molecule has 1 unspecified atom stereocenters. The third-order valence-corrected chi connectivity index (χ3v) is 5.51. The zero-order chi connectivity index (χ0) is 20.6. The van der Waals surface area contributed by atoms with Crippen LogP contribution in [0.1, 0.15) is 15.9 Å². The highest BCUT2D eigenvalue weighted by molar-refractivity contribution is 5.94. The van der Waals surface area contributed by atoms with Gasteiger partial charge in [0.15, 0.2) is 11.5 Å². The minimum atomic E-state index is -0.0989. The Bertz CT molecular complexity index is 789. The van der Waals surface area contributed by atoms with Gasteiger partial charge in [-0.25, -0.2) is 0 Å². The first kappa shape index (κ1) is 21.1. The molecule has 1 saturated heterocycles. The molecule has 6 nitrogen and oxygen atoms in total. The summed E-state index contributed by atoms with van der Waals surface area (Å²) in [7, 11) is 5.31. The zero-order valence-electron chi connectivity index (χ0n) is 17.6. The van der Waals surface area contributed by atoms with Crippen LogP contribution in [0, 0.1) is 0 Å². The third-order valence-electron chi connectivity index (χ3n) is 5.51. The van der Waals surface area contributed by atoms with E-state index in [1.54, 1.807) is 32.4 Å². The van der Waals surface area contributed by atoms with Gasteiger partial charge >= 0.3 is 0 Å². The molecule has 2 aromatic carbocycles. The van der Waals surface area contributed by atoms with Crippen LogP contribution in [0.4, 0.5) is 0 Å². The molecule has 1 amide bonds. The molecule has 29 heavy (non-hydrogen) atoms. The molecular weight excluding hydrogens is 366 g/mol. The third kappa shape index (κ3) is 5.71. The van der Waals surface area contributed by atoms with Gasteiger partial charge < -0.3 is 19.7 Å². The zero-order valence-corrected chi connectivity index (χ0v) is 17.6. The van der Waals surface area contributed by atoms with Gasteiger partial charge in [-0.05, 0) is 37.2 Å². The molecule has 0 radical (unpaired) electrons. The van der Waals surface area contributed by atoms with Gasteiger partial charge in [-0.1, -0.05) is 30.3 Å². The van der Waals surface area contributed by atoms with Crippen molar-refractivity contribution in [2.75, 3.05) is 54.0 Å². The maximum absolute atomic E-state index is 12.8. The molecule has 1 N–H and O–H groups in total. The minimum Gasteiger partial charge on any atom is -0.493 e. The highest BCUT2D eigenvalue weighted by Gasteiger charge is 2.23. The smallest absolute Gasteiger partial charge is 0.251 e. The molecule has 1 aliphatic rings. The Morgan fingerprint density at radius 3 is 2.34 bits per heavy atom. The second-order valence-corrected chi connectivity index (χ2v) is 7.46. The van der Waals surface area contributed by atoms with Crippen LogP contribution in [0.2, 0.25) is 0 Å². The van der Waals surface area contributed by atoms with E-state index >= 15 is 0 Å².